The SMILES string of the molecule is COc1ccc(-c2nc(-c3ccc(OC)cc3)c(C#N)c(-c3ccccc3)c2C#N)cc1. The maximum Gasteiger partial charge on any atom is 0.118 e. The van der Waals surface area contributed by atoms with Gasteiger partial charge in [0.15, 0.2) is 0 Å². The van der Waals surface area contributed by atoms with E-state index in [9.17, 15) is 10.5 Å². The Kier molecular flexibility index (Phi) is 5.83. The molecule has 0 saturated heterocycles. The highest BCUT2D eigenvalue weighted by molar-refractivity contribution is 5.89. The number of ether oxygens (including phenoxy) is 2. The minimum Gasteiger partial charge on any atom is -0.497 e. The fourth-order valence-electron chi connectivity index (χ4n) is 3.61. The van der Waals surface area contributed by atoms with Crippen LogP contribution in [0.2, 0.25) is 0 Å². The Morgan fingerprint density at radius 1 is 0.594 bits per heavy atom. The largest absolute Gasteiger partial charge is 0.497 e. The van der Waals surface area contributed by atoms with Crippen LogP contribution < -0.4 is 9.47 Å². The van der Waals surface area contributed by atoms with E-state index >= 15 is 0 Å². The lowest BCUT2D eigenvalue weighted by atomic mass is 9.89. The number of aromatic nitrogens is 1. The van der Waals surface area contributed by atoms with Crippen molar-refractivity contribution in [3.63, 3.8) is 0 Å². The van der Waals surface area contributed by atoms with Gasteiger partial charge in [-0.15, -0.1) is 0 Å². The van der Waals surface area contributed by atoms with Gasteiger partial charge in [-0.1, -0.05) is 30.3 Å². The van der Waals surface area contributed by atoms with Crippen LogP contribution in [-0.2, 0) is 0 Å². The summed E-state index contributed by atoms with van der Waals surface area (Å²) >= 11 is 0. The summed E-state index contributed by atoms with van der Waals surface area (Å²) in [6, 6.07) is 28.8. The first-order valence-electron chi connectivity index (χ1n) is 9.92. The average Bonchev–Trinajstić information content (AvgIpc) is 2.88. The quantitative estimate of drug-likeness (QED) is 0.407. The van der Waals surface area contributed by atoms with Crippen molar-refractivity contribution in [3.05, 3.63) is 90.0 Å². The molecular formula is C27H19N3O2. The van der Waals surface area contributed by atoms with E-state index in [2.05, 4.69) is 12.1 Å². The second kappa shape index (κ2) is 9.04. The molecule has 32 heavy (non-hydrogen) atoms. The van der Waals surface area contributed by atoms with Crippen LogP contribution in [0.5, 0.6) is 11.5 Å². The van der Waals surface area contributed by atoms with E-state index in [-0.39, 0.29) is 0 Å². The Morgan fingerprint density at radius 3 is 1.41 bits per heavy atom. The molecule has 3 aromatic carbocycles. The zero-order chi connectivity index (χ0) is 22.5. The average molecular weight is 417 g/mol. The number of rotatable bonds is 5. The summed E-state index contributed by atoms with van der Waals surface area (Å²) in [5, 5.41) is 20.3. The van der Waals surface area contributed by atoms with Crippen LogP contribution >= 0.6 is 0 Å². The third-order valence-corrected chi connectivity index (χ3v) is 5.21. The minimum absolute atomic E-state index is 0.357. The van der Waals surface area contributed by atoms with Crippen molar-refractivity contribution in [1.29, 1.82) is 10.5 Å². The molecule has 0 unspecified atom stereocenters. The van der Waals surface area contributed by atoms with Crippen molar-refractivity contribution in [1.82, 2.24) is 4.98 Å². The van der Waals surface area contributed by atoms with Crippen molar-refractivity contribution in [2.45, 2.75) is 0 Å². The van der Waals surface area contributed by atoms with E-state index in [1.165, 1.54) is 0 Å². The molecule has 0 N–H and O–H groups in total. The highest BCUT2D eigenvalue weighted by Crippen LogP contribution is 2.38. The van der Waals surface area contributed by atoms with E-state index < -0.39 is 0 Å². The topological polar surface area (TPSA) is 78.9 Å². The maximum absolute atomic E-state index is 10.1. The normalized spacial score (nSPS) is 10.1. The summed E-state index contributed by atoms with van der Waals surface area (Å²) in [4.78, 5) is 4.83. The van der Waals surface area contributed by atoms with Crippen LogP contribution in [0.3, 0.4) is 0 Å². The number of hydrogen-bond acceptors (Lipinski definition) is 5. The predicted molar refractivity (Wildman–Crippen MR) is 123 cm³/mol. The van der Waals surface area contributed by atoms with Gasteiger partial charge < -0.3 is 9.47 Å². The van der Waals surface area contributed by atoms with Crippen molar-refractivity contribution < 1.29 is 9.47 Å². The van der Waals surface area contributed by atoms with Gasteiger partial charge in [0.05, 0.1) is 36.7 Å². The Labute approximate surface area is 186 Å². The zero-order valence-corrected chi connectivity index (χ0v) is 17.7. The smallest absolute Gasteiger partial charge is 0.118 e. The summed E-state index contributed by atoms with van der Waals surface area (Å²) in [5.41, 5.74) is 4.62. The number of methoxy groups -OCH3 is 2. The summed E-state index contributed by atoms with van der Waals surface area (Å²) in [7, 11) is 3.20. The van der Waals surface area contributed by atoms with Gasteiger partial charge in [-0.3, -0.25) is 0 Å². The Morgan fingerprint density at radius 2 is 1.03 bits per heavy atom. The number of benzene rings is 3. The summed E-state index contributed by atoms with van der Waals surface area (Å²) in [6.45, 7) is 0. The number of hydrogen-bond donors (Lipinski definition) is 0. The van der Waals surface area contributed by atoms with Crippen LogP contribution in [-0.4, -0.2) is 19.2 Å². The molecule has 0 bridgehead atoms. The summed E-state index contributed by atoms with van der Waals surface area (Å²) < 4.78 is 10.5. The molecule has 0 spiro atoms. The summed E-state index contributed by atoms with van der Waals surface area (Å²) in [5.74, 6) is 1.42. The van der Waals surface area contributed by atoms with E-state index in [1.807, 2.05) is 78.9 Å². The lowest BCUT2D eigenvalue weighted by molar-refractivity contribution is 0.415. The Hall–Kier alpha value is -4.61. The van der Waals surface area contributed by atoms with E-state index in [0.717, 1.165) is 16.7 Å². The van der Waals surface area contributed by atoms with Gasteiger partial charge in [-0.25, -0.2) is 4.98 Å². The second-order valence-electron chi connectivity index (χ2n) is 6.98. The van der Waals surface area contributed by atoms with Crippen LogP contribution in [0.15, 0.2) is 78.9 Å². The molecule has 0 radical (unpaired) electrons. The van der Waals surface area contributed by atoms with Crippen LogP contribution in [0.4, 0.5) is 0 Å². The molecule has 0 aliphatic heterocycles. The van der Waals surface area contributed by atoms with E-state index in [0.29, 0.717) is 39.6 Å². The molecule has 5 nitrogen and oxygen atoms in total. The second-order valence-corrected chi connectivity index (χ2v) is 6.98. The number of nitriles is 2. The third kappa shape index (κ3) is 3.76. The van der Waals surface area contributed by atoms with Crippen LogP contribution in [0.25, 0.3) is 33.6 Å². The van der Waals surface area contributed by atoms with Gasteiger partial charge in [0.25, 0.3) is 0 Å². The summed E-state index contributed by atoms with van der Waals surface area (Å²) in [6.07, 6.45) is 0. The van der Waals surface area contributed by atoms with Gasteiger partial charge in [0.1, 0.15) is 23.6 Å². The standard InChI is InChI=1S/C27H19N3O2/c1-31-21-12-8-19(9-13-21)26-23(16-28)25(18-6-4-3-5-7-18)24(17-29)27(30-26)20-10-14-22(32-2)15-11-20/h3-15H,1-2H3. The molecular weight excluding hydrogens is 398 g/mol. The highest BCUT2D eigenvalue weighted by atomic mass is 16.5. The van der Waals surface area contributed by atoms with Gasteiger partial charge in [-0.05, 0) is 54.1 Å². The fourth-order valence-corrected chi connectivity index (χ4v) is 3.61. The molecule has 1 aromatic heterocycles. The number of nitrogens with zero attached hydrogens (tertiary/aromatic N) is 3. The van der Waals surface area contributed by atoms with Crippen molar-refractivity contribution >= 4 is 0 Å². The van der Waals surface area contributed by atoms with E-state index in [4.69, 9.17) is 14.5 Å². The van der Waals surface area contributed by atoms with Crippen LogP contribution in [0.1, 0.15) is 11.1 Å². The molecule has 0 amide bonds. The first kappa shape index (κ1) is 20.7. The Bertz CT molecular complexity index is 1250. The lowest BCUT2D eigenvalue weighted by Gasteiger charge is -2.16. The molecule has 4 aromatic rings. The monoisotopic (exact) mass is 417 g/mol. The lowest BCUT2D eigenvalue weighted by Crippen LogP contribution is -2.02. The molecule has 0 fully saturated rings. The third-order valence-electron chi connectivity index (χ3n) is 5.21. The zero-order valence-electron chi connectivity index (χ0n) is 17.7. The van der Waals surface area contributed by atoms with Gasteiger partial charge in [0, 0.05) is 16.7 Å². The van der Waals surface area contributed by atoms with Gasteiger partial charge in [-0.2, -0.15) is 10.5 Å². The molecule has 154 valence electrons. The maximum atomic E-state index is 10.1. The van der Waals surface area contributed by atoms with Crippen molar-refractivity contribution in [2.75, 3.05) is 14.2 Å². The molecule has 0 aliphatic carbocycles. The van der Waals surface area contributed by atoms with Crippen molar-refractivity contribution in [3.8, 4) is 57.3 Å². The Balaban J connectivity index is 2.07. The van der Waals surface area contributed by atoms with Crippen molar-refractivity contribution in [2.24, 2.45) is 0 Å². The number of pyridine rings is 1. The molecule has 0 aliphatic rings. The highest BCUT2D eigenvalue weighted by Gasteiger charge is 2.23. The van der Waals surface area contributed by atoms with E-state index in [1.54, 1.807) is 14.2 Å². The molecule has 0 saturated carbocycles. The molecule has 4 rings (SSSR count). The molecule has 1 heterocycles. The first-order valence-corrected chi connectivity index (χ1v) is 9.92. The predicted octanol–water partition coefficient (Wildman–Crippen LogP) is 5.84. The van der Waals surface area contributed by atoms with Gasteiger partial charge >= 0.3 is 0 Å². The van der Waals surface area contributed by atoms with Crippen LogP contribution in [0, 0.1) is 22.7 Å². The minimum atomic E-state index is 0.357. The first-order chi connectivity index (χ1) is 15.7. The molecule has 0 atom stereocenters. The fraction of sp³-hybridized carbons (Fsp3) is 0.0741. The molecule has 5 heteroatoms. The van der Waals surface area contributed by atoms with Gasteiger partial charge in [0.2, 0.25) is 0 Å².